The molecule has 1 amide bonds. The van der Waals surface area contributed by atoms with Crippen molar-refractivity contribution in [1.29, 1.82) is 0 Å². The fraction of sp³-hybridized carbons (Fsp3) is 0.217. The molecule has 1 atom stereocenters. The molecule has 1 aliphatic rings. The number of amides is 1. The highest BCUT2D eigenvalue weighted by Gasteiger charge is 2.30. The van der Waals surface area contributed by atoms with Gasteiger partial charge in [0.1, 0.15) is 5.82 Å². The number of pyridine rings is 1. The number of hydrogen-bond donors (Lipinski definition) is 1. The predicted octanol–water partition coefficient (Wildman–Crippen LogP) is 3.53. The van der Waals surface area contributed by atoms with E-state index in [1.54, 1.807) is 22.2 Å². The van der Waals surface area contributed by atoms with Crippen molar-refractivity contribution in [2.45, 2.75) is 6.04 Å². The number of carbonyl (C=O) groups is 1. The summed E-state index contributed by atoms with van der Waals surface area (Å²) in [6, 6.07) is 11.6. The molecule has 5 aromatic rings. The smallest absolute Gasteiger partial charge is 0.254 e. The fourth-order valence-electron chi connectivity index (χ4n) is 4.46. The number of nitrogens with zero attached hydrogens (tertiary/aromatic N) is 5. The van der Waals surface area contributed by atoms with Gasteiger partial charge in [0, 0.05) is 24.5 Å². The number of thiazole rings is 1. The van der Waals surface area contributed by atoms with E-state index in [1.807, 2.05) is 35.7 Å². The molecule has 9 heteroatoms. The molecule has 1 fully saturated rings. The molecule has 1 aliphatic heterocycles. The number of aromatic nitrogens is 4. The third kappa shape index (κ3) is 2.93. The maximum Gasteiger partial charge on any atom is 0.254 e. The first-order valence-electron chi connectivity index (χ1n) is 10.3. The summed E-state index contributed by atoms with van der Waals surface area (Å²) in [5.41, 5.74) is 12.1. The van der Waals surface area contributed by atoms with E-state index in [9.17, 15) is 4.79 Å². The van der Waals surface area contributed by atoms with Gasteiger partial charge in [-0.2, -0.15) is 5.10 Å². The highest BCUT2D eigenvalue weighted by Crippen LogP contribution is 2.32. The molecule has 6 rings (SSSR count). The predicted molar refractivity (Wildman–Crippen MR) is 125 cm³/mol. The Balaban J connectivity index is 1.42. The number of nitrogen functional groups attached to an aromatic ring is 1. The van der Waals surface area contributed by atoms with Crippen LogP contribution >= 0.6 is 11.3 Å². The Morgan fingerprint density at radius 1 is 1.19 bits per heavy atom. The molecular weight excluding hydrogens is 424 g/mol. The molecule has 3 aromatic heterocycles. The summed E-state index contributed by atoms with van der Waals surface area (Å²) in [4.78, 5) is 24.5. The first-order chi connectivity index (χ1) is 15.6. The van der Waals surface area contributed by atoms with Crippen LogP contribution in [0.5, 0.6) is 0 Å². The van der Waals surface area contributed by atoms with Crippen molar-refractivity contribution < 1.29 is 9.53 Å². The Bertz CT molecular complexity index is 1510. The second-order valence-corrected chi connectivity index (χ2v) is 8.81. The van der Waals surface area contributed by atoms with Crippen LogP contribution in [-0.4, -0.2) is 50.3 Å². The minimum Gasteiger partial charge on any atom is -0.383 e. The van der Waals surface area contributed by atoms with Gasteiger partial charge in [0.2, 0.25) is 0 Å². The number of benzene rings is 2. The van der Waals surface area contributed by atoms with Crippen molar-refractivity contribution in [2.24, 2.45) is 7.05 Å². The van der Waals surface area contributed by atoms with Crippen molar-refractivity contribution in [3.05, 3.63) is 59.2 Å². The van der Waals surface area contributed by atoms with Gasteiger partial charge in [-0.15, -0.1) is 11.3 Å². The minimum absolute atomic E-state index is 0.0364. The second-order valence-electron chi connectivity index (χ2n) is 7.93. The Hall–Kier alpha value is -3.56. The lowest BCUT2D eigenvalue weighted by atomic mass is 10.0. The lowest BCUT2D eigenvalue weighted by Crippen LogP contribution is -2.43. The Kier molecular flexibility index (Phi) is 4.34. The Labute approximate surface area is 187 Å². The minimum atomic E-state index is -0.167. The zero-order valence-electron chi connectivity index (χ0n) is 17.4. The van der Waals surface area contributed by atoms with Crippen molar-refractivity contribution >= 4 is 55.1 Å². The van der Waals surface area contributed by atoms with Crippen molar-refractivity contribution in [3.63, 3.8) is 0 Å². The third-order valence-corrected chi connectivity index (χ3v) is 6.89. The van der Waals surface area contributed by atoms with Crippen molar-refractivity contribution in [2.75, 3.05) is 25.5 Å². The molecule has 160 valence electrons. The molecule has 2 aromatic carbocycles. The average molecular weight is 445 g/mol. The van der Waals surface area contributed by atoms with Gasteiger partial charge in [0.25, 0.3) is 5.91 Å². The summed E-state index contributed by atoms with van der Waals surface area (Å²) in [5, 5.41) is 5.96. The number of nitrogens with two attached hydrogens (primary N) is 1. The van der Waals surface area contributed by atoms with E-state index in [1.165, 1.54) is 0 Å². The van der Waals surface area contributed by atoms with E-state index in [0.29, 0.717) is 31.1 Å². The van der Waals surface area contributed by atoms with Crippen LogP contribution in [0.2, 0.25) is 0 Å². The zero-order valence-corrected chi connectivity index (χ0v) is 18.2. The van der Waals surface area contributed by atoms with Crippen LogP contribution in [0.15, 0.2) is 48.1 Å². The molecule has 0 saturated carbocycles. The maximum atomic E-state index is 13.7. The zero-order chi connectivity index (χ0) is 21.8. The van der Waals surface area contributed by atoms with Gasteiger partial charge in [-0.05, 0) is 35.9 Å². The molecular formula is C23H20N6O2S. The van der Waals surface area contributed by atoms with Gasteiger partial charge in [0.05, 0.1) is 57.6 Å². The van der Waals surface area contributed by atoms with Crippen LogP contribution in [0, 0.1) is 0 Å². The number of hydrogen-bond acceptors (Lipinski definition) is 7. The largest absolute Gasteiger partial charge is 0.383 e. The van der Waals surface area contributed by atoms with E-state index >= 15 is 0 Å². The number of fused-ring (bicyclic) bond motifs is 4. The van der Waals surface area contributed by atoms with E-state index in [2.05, 4.69) is 33.3 Å². The Morgan fingerprint density at radius 2 is 2.09 bits per heavy atom. The van der Waals surface area contributed by atoms with Gasteiger partial charge in [-0.3, -0.25) is 9.48 Å². The van der Waals surface area contributed by atoms with Crippen LogP contribution in [0.25, 0.3) is 32.0 Å². The number of aryl methyl sites for hydroxylation is 1. The standard InChI is InChI=1S/C23H20N6O2S/c1-28-21-15-8-14(2-4-17(15)27-22(24)16(21)10-26-28)23(30)29-6-7-31-11-19(29)13-3-5-20-18(9-13)25-12-32-20/h2-5,8-10,12,19H,6-7,11H2,1H3,(H2,24,27). The first kappa shape index (κ1) is 19.1. The number of carbonyl (C=O) groups excluding carboxylic acids is 1. The van der Waals surface area contributed by atoms with Gasteiger partial charge < -0.3 is 15.4 Å². The van der Waals surface area contributed by atoms with Crippen LogP contribution in [0.1, 0.15) is 22.0 Å². The Morgan fingerprint density at radius 3 is 3.00 bits per heavy atom. The summed E-state index contributed by atoms with van der Waals surface area (Å²) < 4.78 is 8.64. The number of anilines is 1. The second kappa shape index (κ2) is 7.25. The lowest BCUT2D eigenvalue weighted by Gasteiger charge is -2.36. The highest BCUT2D eigenvalue weighted by molar-refractivity contribution is 7.16. The SMILES string of the molecule is Cn1ncc2c(N)nc3ccc(C(=O)N4CCOCC4c4ccc5scnc5c4)cc3c21. The molecule has 0 aliphatic carbocycles. The molecule has 2 N–H and O–H groups in total. The summed E-state index contributed by atoms with van der Waals surface area (Å²) in [5.74, 6) is 0.399. The van der Waals surface area contributed by atoms with Crippen molar-refractivity contribution in [1.82, 2.24) is 24.6 Å². The quantitative estimate of drug-likeness (QED) is 0.447. The number of rotatable bonds is 2. The molecule has 1 unspecified atom stereocenters. The topological polar surface area (TPSA) is 99.2 Å². The van der Waals surface area contributed by atoms with Crippen LogP contribution in [0.3, 0.4) is 0 Å². The van der Waals surface area contributed by atoms with E-state index < -0.39 is 0 Å². The summed E-state index contributed by atoms with van der Waals surface area (Å²) in [6.07, 6.45) is 1.71. The maximum absolute atomic E-state index is 13.7. The fourth-order valence-corrected chi connectivity index (χ4v) is 5.12. The highest BCUT2D eigenvalue weighted by atomic mass is 32.1. The van der Waals surface area contributed by atoms with Crippen LogP contribution in [0.4, 0.5) is 5.82 Å². The lowest BCUT2D eigenvalue weighted by molar-refractivity contribution is -0.00265. The van der Waals surface area contributed by atoms with Gasteiger partial charge >= 0.3 is 0 Å². The summed E-state index contributed by atoms with van der Waals surface area (Å²) >= 11 is 1.61. The van der Waals surface area contributed by atoms with Gasteiger partial charge in [-0.1, -0.05) is 6.07 Å². The monoisotopic (exact) mass is 444 g/mol. The van der Waals surface area contributed by atoms with E-state index in [0.717, 1.165) is 37.6 Å². The van der Waals surface area contributed by atoms with Gasteiger partial charge in [0.15, 0.2) is 0 Å². The normalized spacial score (nSPS) is 16.9. The molecule has 0 bridgehead atoms. The number of morpholine rings is 1. The average Bonchev–Trinajstić information content (AvgIpc) is 3.45. The molecule has 4 heterocycles. The first-order valence-corrected chi connectivity index (χ1v) is 11.2. The van der Waals surface area contributed by atoms with Gasteiger partial charge in [-0.25, -0.2) is 9.97 Å². The number of ether oxygens (including phenoxy) is 1. The van der Waals surface area contributed by atoms with E-state index in [4.69, 9.17) is 10.5 Å². The summed E-state index contributed by atoms with van der Waals surface area (Å²) in [7, 11) is 1.86. The molecule has 1 saturated heterocycles. The van der Waals surface area contributed by atoms with Crippen LogP contribution < -0.4 is 5.73 Å². The summed E-state index contributed by atoms with van der Waals surface area (Å²) in [6.45, 7) is 1.50. The third-order valence-electron chi connectivity index (χ3n) is 6.08. The molecule has 32 heavy (non-hydrogen) atoms. The van der Waals surface area contributed by atoms with Crippen LogP contribution in [-0.2, 0) is 11.8 Å². The molecule has 0 radical (unpaired) electrons. The van der Waals surface area contributed by atoms with Crippen molar-refractivity contribution in [3.8, 4) is 0 Å². The molecule has 8 nitrogen and oxygen atoms in total. The molecule has 0 spiro atoms. The van der Waals surface area contributed by atoms with E-state index in [-0.39, 0.29) is 11.9 Å².